The van der Waals surface area contributed by atoms with Crippen molar-refractivity contribution in [1.82, 2.24) is 0 Å². The summed E-state index contributed by atoms with van der Waals surface area (Å²) in [5.41, 5.74) is 0.501. The average molecular weight is 182 g/mol. The molecule has 13 heavy (non-hydrogen) atoms. The summed E-state index contributed by atoms with van der Waals surface area (Å²) in [4.78, 5) is 10.6. The van der Waals surface area contributed by atoms with Crippen molar-refractivity contribution in [3.8, 4) is 0 Å². The quantitative estimate of drug-likeness (QED) is 0.506. The van der Waals surface area contributed by atoms with E-state index < -0.39 is 5.97 Å². The molecule has 2 heteroatoms. The monoisotopic (exact) mass is 182 g/mol. The fourth-order valence-corrected chi connectivity index (χ4v) is 1.02. The maximum atomic E-state index is 10.6. The van der Waals surface area contributed by atoms with Gasteiger partial charge in [0.1, 0.15) is 0 Å². The molecule has 0 aliphatic carbocycles. The van der Waals surface area contributed by atoms with Crippen LogP contribution in [0.4, 0.5) is 0 Å². The van der Waals surface area contributed by atoms with E-state index in [0.29, 0.717) is 12.0 Å². The first-order chi connectivity index (χ1) is 6.22. The Morgan fingerprint density at radius 2 is 1.92 bits per heavy atom. The van der Waals surface area contributed by atoms with Gasteiger partial charge in [0.25, 0.3) is 0 Å². The molecule has 0 aliphatic heterocycles. The van der Waals surface area contributed by atoms with Crippen molar-refractivity contribution in [1.29, 1.82) is 0 Å². The SMILES string of the molecule is CC=C(CCC=CCCC)C(=O)O. The maximum Gasteiger partial charge on any atom is 0.331 e. The number of hydrogen-bond acceptors (Lipinski definition) is 1. The van der Waals surface area contributed by atoms with Crippen LogP contribution >= 0.6 is 0 Å². The summed E-state index contributed by atoms with van der Waals surface area (Å²) in [5.74, 6) is -0.800. The number of unbranched alkanes of at least 4 members (excludes halogenated alkanes) is 1. The molecule has 0 saturated heterocycles. The summed E-state index contributed by atoms with van der Waals surface area (Å²) in [6.45, 7) is 3.89. The van der Waals surface area contributed by atoms with Crippen LogP contribution in [0.5, 0.6) is 0 Å². The molecule has 0 fully saturated rings. The lowest BCUT2D eigenvalue weighted by Crippen LogP contribution is -1.99. The zero-order chi connectivity index (χ0) is 10.1. The van der Waals surface area contributed by atoms with Gasteiger partial charge in [-0.1, -0.05) is 31.6 Å². The van der Waals surface area contributed by atoms with Crippen LogP contribution in [-0.4, -0.2) is 11.1 Å². The number of carbonyl (C=O) groups is 1. The summed E-state index contributed by atoms with van der Waals surface area (Å²) in [6, 6.07) is 0. The van der Waals surface area contributed by atoms with Crippen LogP contribution in [0.1, 0.15) is 39.5 Å². The molecular weight excluding hydrogens is 164 g/mol. The fourth-order valence-electron chi connectivity index (χ4n) is 1.02. The molecule has 0 bridgehead atoms. The van der Waals surface area contributed by atoms with E-state index in [1.807, 2.05) is 0 Å². The van der Waals surface area contributed by atoms with Crippen molar-refractivity contribution in [2.75, 3.05) is 0 Å². The number of carboxylic acid groups (broad SMARTS) is 1. The summed E-state index contributed by atoms with van der Waals surface area (Å²) >= 11 is 0. The second-order valence-corrected chi connectivity index (χ2v) is 2.92. The normalized spacial score (nSPS) is 12.3. The molecule has 0 unspecified atom stereocenters. The lowest BCUT2D eigenvalue weighted by atomic mass is 10.1. The molecule has 0 atom stereocenters. The first-order valence-electron chi connectivity index (χ1n) is 4.75. The van der Waals surface area contributed by atoms with Gasteiger partial charge < -0.3 is 5.11 Å². The molecule has 0 aromatic heterocycles. The zero-order valence-corrected chi connectivity index (χ0v) is 8.42. The highest BCUT2D eigenvalue weighted by atomic mass is 16.4. The van der Waals surface area contributed by atoms with Gasteiger partial charge in [-0.05, 0) is 26.2 Å². The molecular formula is C11H18O2. The van der Waals surface area contributed by atoms with Crippen LogP contribution in [-0.2, 0) is 4.79 Å². The van der Waals surface area contributed by atoms with Crippen LogP contribution in [0.25, 0.3) is 0 Å². The van der Waals surface area contributed by atoms with Crippen LogP contribution in [0.3, 0.4) is 0 Å². The third-order valence-corrected chi connectivity index (χ3v) is 1.83. The summed E-state index contributed by atoms with van der Waals surface area (Å²) in [6.07, 6.45) is 9.50. The first kappa shape index (κ1) is 11.9. The molecule has 0 radical (unpaired) electrons. The Morgan fingerprint density at radius 3 is 2.38 bits per heavy atom. The Balaban J connectivity index is 3.69. The van der Waals surface area contributed by atoms with E-state index in [2.05, 4.69) is 19.1 Å². The summed E-state index contributed by atoms with van der Waals surface area (Å²) in [7, 11) is 0. The zero-order valence-electron chi connectivity index (χ0n) is 8.42. The molecule has 0 aromatic carbocycles. The van der Waals surface area contributed by atoms with E-state index in [9.17, 15) is 4.79 Å². The number of carboxylic acids is 1. The van der Waals surface area contributed by atoms with Gasteiger partial charge in [0, 0.05) is 5.57 Å². The third-order valence-electron chi connectivity index (χ3n) is 1.83. The highest BCUT2D eigenvalue weighted by molar-refractivity contribution is 5.86. The maximum absolute atomic E-state index is 10.6. The fraction of sp³-hybridized carbons (Fsp3) is 0.545. The highest BCUT2D eigenvalue weighted by Crippen LogP contribution is 2.06. The van der Waals surface area contributed by atoms with Gasteiger partial charge in [0.05, 0.1) is 0 Å². The van der Waals surface area contributed by atoms with Gasteiger partial charge >= 0.3 is 5.97 Å². The van der Waals surface area contributed by atoms with Crippen LogP contribution in [0.2, 0.25) is 0 Å². The minimum absolute atomic E-state index is 0.501. The van der Waals surface area contributed by atoms with Crippen LogP contribution in [0.15, 0.2) is 23.8 Å². The smallest absolute Gasteiger partial charge is 0.331 e. The third kappa shape index (κ3) is 6.14. The molecule has 0 spiro atoms. The Hall–Kier alpha value is -1.05. The van der Waals surface area contributed by atoms with Gasteiger partial charge in [-0.2, -0.15) is 0 Å². The highest BCUT2D eigenvalue weighted by Gasteiger charge is 2.02. The van der Waals surface area contributed by atoms with E-state index in [0.717, 1.165) is 19.3 Å². The van der Waals surface area contributed by atoms with Crippen LogP contribution in [0, 0.1) is 0 Å². The molecule has 0 rings (SSSR count). The van der Waals surface area contributed by atoms with E-state index in [4.69, 9.17) is 5.11 Å². The minimum Gasteiger partial charge on any atom is -0.478 e. The van der Waals surface area contributed by atoms with Gasteiger partial charge in [-0.15, -0.1) is 0 Å². The number of rotatable bonds is 6. The molecule has 74 valence electrons. The predicted octanol–water partition coefficient (Wildman–Crippen LogP) is 3.15. The number of allylic oxidation sites excluding steroid dienone is 3. The molecule has 0 aliphatic rings. The molecule has 1 N–H and O–H groups in total. The second-order valence-electron chi connectivity index (χ2n) is 2.92. The van der Waals surface area contributed by atoms with E-state index >= 15 is 0 Å². The predicted molar refractivity (Wildman–Crippen MR) is 54.7 cm³/mol. The van der Waals surface area contributed by atoms with Crippen molar-refractivity contribution in [2.45, 2.75) is 39.5 Å². The van der Waals surface area contributed by atoms with Gasteiger partial charge in [0.2, 0.25) is 0 Å². The van der Waals surface area contributed by atoms with Crippen molar-refractivity contribution < 1.29 is 9.90 Å². The van der Waals surface area contributed by atoms with E-state index in [-0.39, 0.29) is 0 Å². The Morgan fingerprint density at radius 1 is 1.31 bits per heavy atom. The van der Waals surface area contributed by atoms with Crippen molar-refractivity contribution in [3.05, 3.63) is 23.8 Å². The van der Waals surface area contributed by atoms with Crippen molar-refractivity contribution >= 4 is 5.97 Å². The first-order valence-corrected chi connectivity index (χ1v) is 4.75. The Labute approximate surface area is 80.0 Å². The lowest BCUT2D eigenvalue weighted by molar-refractivity contribution is -0.132. The second kappa shape index (κ2) is 7.59. The minimum atomic E-state index is -0.800. The molecule has 0 amide bonds. The standard InChI is InChI=1S/C11H18O2/c1-3-5-6-7-8-9-10(4-2)11(12)13/h4,6-7H,3,5,8-9H2,1-2H3,(H,12,13). The number of aliphatic carboxylic acids is 1. The molecule has 0 heterocycles. The molecule has 2 nitrogen and oxygen atoms in total. The largest absolute Gasteiger partial charge is 0.478 e. The molecule has 0 aromatic rings. The van der Waals surface area contributed by atoms with Crippen LogP contribution < -0.4 is 0 Å². The van der Waals surface area contributed by atoms with Crippen molar-refractivity contribution in [2.24, 2.45) is 0 Å². The van der Waals surface area contributed by atoms with Crippen molar-refractivity contribution in [3.63, 3.8) is 0 Å². The van der Waals surface area contributed by atoms with Gasteiger partial charge in [-0.25, -0.2) is 4.79 Å². The molecule has 0 saturated carbocycles. The summed E-state index contributed by atoms with van der Waals surface area (Å²) < 4.78 is 0. The van der Waals surface area contributed by atoms with Gasteiger partial charge in [0.15, 0.2) is 0 Å². The van der Waals surface area contributed by atoms with E-state index in [1.54, 1.807) is 13.0 Å². The van der Waals surface area contributed by atoms with Gasteiger partial charge in [-0.3, -0.25) is 0 Å². The average Bonchev–Trinajstić information content (AvgIpc) is 2.10. The lowest BCUT2D eigenvalue weighted by Gasteiger charge is -1.97. The topological polar surface area (TPSA) is 37.3 Å². The Kier molecular flexibility index (Phi) is 6.98. The Bertz CT molecular complexity index is 202. The summed E-state index contributed by atoms with van der Waals surface area (Å²) in [5, 5.41) is 8.68. The number of hydrogen-bond donors (Lipinski definition) is 1. The van der Waals surface area contributed by atoms with E-state index in [1.165, 1.54) is 0 Å².